The molecule has 1 aromatic heterocycles. The van der Waals surface area contributed by atoms with E-state index in [4.69, 9.17) is 21.5 Å². The summed E-state index contributed by atoms with van der Waals surface area (Å²) in [5.41, 5.74) is 7.68. The quantitative estimate of drug-likeness (QED) is 0.284. The first-order valence-electron chi connectivity index (χ1n) is 5.72. The van der Waals surface area contributed by atoms with Crippen molar-refractivity contribution in [2.24, 2.45) is 10.8 Å². The summed E-state index contributed by atoms with van der Waals surface area (Å²) in [6.07, 6.45) is 0. The number of carbonyl (C=O) groups is 1. The molecule has 22 heavy (non-hydrogen) atoms. The van der Waals surface area contributed by atoms with Crippen LogP contribution in [-0.2, 0) is 0 Å². The molecule has 2 rings (SSSR count). The van der Waals surface area contributed by atoms with E-state index in [9.17, 15) is 4.79 Å². The van der Waals surface area contributed by atoms with Crippen molar-refractivity contribution in [2.45, 2.75) is 0 Å². The molecule has 0 fully saturated rings. The fourth-order valence-corrected chi connectivity index (χ4v) is 1.51. The van der Waals surface area contributed by atoms with Gasteiger partial charge in [0.25, 0.3) is 0 Å². The van der Waals surface area contributed by atoms with Crippen LogP contribution in [0.3, 0.4) is 0 Å². The first kappa shape index (κ1) is 14.6. The number of benzene rings is 1. The maximum Gasteiger partial charge on any atom is 0.337 e. The highest BCUT2D eigenvalue weighted by molar-refractivity contribution is 6.45. The molecular weight excluding hydrogens is 290 g/mol. The van der Waals surface area contributed by atoms with Crippen molar-refractivity contribution in [3.8, 4) is 17.5 Å². The van der Waals surface area contributed by atoms with Gasteiger partial charge in [-0.1, -0.05) is 6.07 Å². The zero-order chi connectivity index (χ0) is 16.1. The Morgan fingerprint density at radius 3 is 2.86 bits per heavy atom. The molecule has 0 amide bonds. The van der Waals surface area contributed by atoms with Crippen LogP contribution in [0, 0.1) is 16.7 Å². The summed E-state index contributed by atoms with van der Waals surface area (Å²) in [5.74, 6) is -1.48. The molecule has 0 bridgehead atoms. The lowest BCUT2D eigenvalue weighted by Gasteiger charge is -2.07. The number of aromatic amines is 1. The van der Waals surface area contributed by atoms with E-state index < -0.39 is 11.8 Å². The molecular formula is C11H9N9O2. The second kappa shape index (κ2) is 6.09. The van der Waals surface area contributed by atoms with E-state index in [-0.39, 0.29) is 22.8 Å². The van der Waals surface area contributed by atoms with E-state index in [2.05, 4.69) is 31.2 Å². The highest BCUT2D eigenvalue weighted by atomic mass is 16.4. The van der Waals surface area contributed by atoms with E-state index >= 15 is 0 Å². The van der Waals surface area contributed by atoms with Crippen molar-refractivity contribution in [3.63, 3.8) is 0 Å². The average Bonchev–Trinajstić information content (AvgIpc) is 3.01. The standard InChI is InChI=1S/C11H9N9O2/c12-4-8(9(13)14)16-15-7-3-5(10-17-19-20-18-10)1-2-6(7)11(21)22/h1-3,15H,(H3,13,14)(H,21,22)(H,17,18,19,20)/b16-8+. The Balaban J connectivity index is 2.43. The van der Waals surface area contributed by atoms with Crippen LogP contribution in [0.15, 0.2) is 23.3 Å². The Morgan fingerprint density at radius 2 is 2.32 bits per heavy atom. The van der Waals surface area contributed by atoms with Crippen LogP contribution in [0.1, 0.15) is 10.4 Å². The van der Waals surface area contributed by atoms with Gasteiger partial charge >= 0.3 is 5.97 Å². The number of tetrazole rings is 1. The molecule has 0 spiro atoms. The fraction of sp³-hybridized carbons (Fsp3) is 0. The first-order valence-corrected chi connectivity index (χ1v) is 5.72. The SMILES string of the molecule is N#C/C(=N\Nc1cc(-c2nn[nH]n2)ccc1C(=O)O)C(=N)N. The normalized spacial score (nSPS) is 10.8. The van der Waals surface area contributed by atoms with Gasteiger partial charge in [-0.25, -0.2) is 4.79 Å². The second-order valence-corrected chi connectivity index (χ2v) is 3.90. The van der Waals surface area contributed by atoms with Crippen LogP contribution >= 0.6 is 0 Å². The van der Waals surface area contributed by atoms with Crippen LogP contribution in [0.5, 0.6) is 0 Å². The summed E-state index contributed by atoms with van der Waals surface area (Å²) in [4.78, 5) is 11.2. The molecule has 0 aliphatic carbocycles. The Labute approximate surface area is 123 Å². The zero-order valence-corrected chi connectivity index (χ0v) is 10.9. The molecule has 0 radical (unpaired) electrons. The van der Waals surface area contributed by atoms with Crippen molar-refractivity contribution in [2.75, 3.05) is 5.43 Å². The molecule has 11 heteroatoms. The highest BCUT2D eigenvalue weighted by Gasteiger charge is 2.13. The van der Waals surface area contributed by atoms with E-state index in [1.165, 1.54) is 18.2 Å². The van der Waals surface area contributed by atoms with Gasteiger partial charge in [0.2, 0.25) is 11.5 Å². The van der Waals surface area contributed by atoms with Gasteiger partial charge in [-0.15, -0.1) is 10.2 Å². The molecule has 1 aromatic carbocycles. The van der Waals surface area contributed by atoms with Crippen molar-refractivity contribution < 1.29 is 9.90 Å². The van der Waals surface area contributed by atoms with E-state index in [1.807, 2.05) is 0 Å². The number of amidine groups is 1. The predicted octanol–water partition coefficient (Wildman–Crippen LogP) is -0.208. The number of nitrogens with two attached hydrogens (primary N) is 1. The number of carboxylic acid groups (broad SMARTS) is 1. The molecule has 11 nitrogen and oxygen atoms in total. The number of aromatic nitrogens is 4. The lowest BCUT2D eigenvalue weighted by molar-refractivity contribution is 0.0698. The Bertz CT molecular complexity index is 788. The topological polar surface area (TPSA) is 190 Å². The number of hydrazone groups is 1. The van der Waals surface area contributed by atoms with Crippen LogP contribution < -0.4 is 11.2 Å². The Hall–Kier alpha value is -3.81. The largest absolute Gasteiger partial charge is 0.478 e. The van der Waals surface area contributed by atoms with Crippen LogP contribution in [0.4, 0.5) is 5.69 Å². The molecule has 110 valence electrons. The second-order valence-electron chi connectivity index (χ2n) is 3.90. The minimum absolute atomic E-state index is 0.0863. The maximum absolute atomic E-state index is 11.2. The van der Waals surface area contributed by atoms with Crippen molar-refractivity contribution in [1.82, 2.24) is 20.6 Å². The number of H-pyrrole nitrogens is 1. The number of rotatable bonds is 5. The molecule has 6 N–H and O–H groups in total. The molecule has 0 atom stereocenters. The summed E-state index contributed by atoms with van der Waals surface area (Å²) in [6, 6.07) is 5.86. The van der Waals surface area contributed by atoms with Gasteiger partial charge in [0.05, 0.1) is 11.3 Å². The minimum atomic E-state index is -1.20. The smallest absolute Gasteiger partial charge is 0.337 e. The number of nitrogens with zero attached hydrogens (tertiary/aromatic N) is 5. The van der Waals surface area contributed by atoms with Gasteiger partial charge < -0.3 is 10.8 Å². The molecule has 0 saturated heterocycles. The van der Waals surface area contributed by atoms with Crippen molar-refractivity contribution >= 4 is 23.2 Å². The fourth-order valence-electron chi connectivity index (χ4n) is 1.51. The molecule has 0 aliphatic rings. The highest BCUT2D eigenvalue weighted by Crippen LogP contribution is 2.23. The van der Waals surface area contributed by atoms with Gasteiger partial charge in [-0.05, 0) is 17.3 Å². The van der Waals surface area contributed by atoms with Gasteiger partial charge in [-0.3, -0.25) is 10.8 Å². The summed E-state index contributed by atoms with van der Waals surface area (Å²) in [6.45, 7) is 0. The van der Waals surface area contributed by atoms with E-state index in [0.29, 0.717) is 5.56 Å². The third-order valence-corrected chi connectivity index (χ3v) is 2.50. The number of hydrogen-bond acceptors (Lipinski definition) is 8. The lowest BCUT2D eigenvalue weighted by atomic mass is 10.1. The summed E-state index contributed by atoms with van der Waals surface area (Å²) < 4.78 is 0. The number of hydrogen-bond donors (Lipinski definition) is 5. The van der Waals surface area contributed by atoms with E-state index in [0.717, 1.165) is 0 Å². The van der Waals surface area contributed by atoms with Crippen LogP contribution in [0.2, 0.25) is 0 Å². The van der Waals surface area contributed by atoms with Gasteiger partial charge in [0, 0.05) is 5.56 Å². The Morgan fingerprint density at radius 1 is 1.55 bits per heavy atom. The Kier molecular flexibility index (Phi) is 4.04. The maximum atomic E-state index is 11.2. The molecule has 2 aromatic rings. The zero-order valence-electron chi connectivity index (χ0n) is 10.9. The summed E-state index contributed by atoms with van der Waals surface area (Å²) in [7, 11) is 0. The average molecular weight is 299 g/mol. The number of aromatic carboxylic acids is 1. The number of nitriles is 1. The minimum Gasteiger partial charge on any atom is -0.478 e. The molecule has 0 unspecified atom stereocenters. The monoisotopic (exact) mass is 299 g/mol. The summed E-state index contributed by atoms with van der Waals surface area (Å²) >= 11 is 0. The number of carboxylic acids is 1. The van der Waals surface area contributed by atoms with Crippen LogP contribution in [-0.4, -0.2) is 43.2 Å². The summed E-state index contributed by atoms with van der Waals surface area (Å²) in [5, 5.41) is 41.9. The van der Waals surface area contributed by atoms with E-state index in [1.54, 1.807) is 6.07 Å². The number of anilines is 1. The third-order valence-electron chi connectivity index (χ3n) is 2.50. The molecule has 1 heterocycles. The van der Waals surface area contributed by atoms with Gasteiger partial charge in [0.15, 0.2) is 5.84 Å². The number of nitrogens with one attached hydrogen (secondary N) is 3. The third kappa shape index (κ3) is 3.02. The van der Waals surface area contributed by atoms with Crippen LogP contribution in [0.25, 0.3) is 11.4 Å². The predicted molar refractivity (Wildman–Crippen MR) is 75.2 cm³/mol. The molecule has 0 aliphatic heterocycles. The lowest BCUT2D eigenvalue weighted by Crippen LogP contribution is -2.22. The van der Waals surface area contributed by atoms with Crippen molar-refractivity contribution in [1.29, 1.82) is 10.7 Å². The first-order chi connectivity index (χ1) is 10.5. The molecule has 0 saturated carbocycles. The van der Waals surface area contributed by atoms with Gasteiger partial charge in [0.1, 0.15) is 6.07 Å². The van der Waals surface area contributed by atoms with Gasteiger partial charge in [-0.2, -0.15) is 15.6 Å². The van der Waals surface area contributed by atoms with Crippen molar-refractivity contribution in [3.05, 3.63) is 23.8 Å².